The Bertz CT molecular complexity index is 530. The van der Waals surface area contributed by atoms with Crippen molar-refractivity contribution < 1.29 is 4.39 Å². The summed E-state index contributed by atoms with van der Waals surface area (Å²) in [5, 5.41) is 4.50. The number of pyridine rings is 1. The Labute approximate surface area is 107 Å². The third-order valence-electron chi connectivity index (χ3n) is 2.50. The van der Waals surface area contributed by atoms with Crippen LogP contribution in [0.1, 0.15) is 6.42 Å². The number of aromatic nitrogens is 1. The Balaban J connectivity index is 2.45. The van der Waals surface area contributed by atoms with E-state index in [0.29, 0.717) is 17.7 Å². The van der Waals surface area contributed by atoms with E-state index in [9.17, 15) is 4.39 Å². The molecule has 1 heterocycles. The minimum Gasteiger partial charge on any atom is -0.369 e. The fourth-order valence-corrected chi connectivity index (χ4v) is 2.20. The van der Waals surface area contributed by atoms with Crippen molar-refractivity contribution in [2.75, 3.05) is 18.4 Å². The van der Waals surface area contributed by atoms with Crippen molar-refractivity contribution in [2.45, 2.75) is 6.42 Å². The predicted octanol–water partition coefficient (Wildman–Crippen LogP) is 2.90. The van der Waals surface area contributed by atoms with Gasteiger partial charge in [-0.2, -0.15) is 0 Å². The highest BCUT2D eigenvalue weighted by Gasteiger charge is 2.09. The maximum Gasteiger partial charge on any atom is 0.135 e. The molecule has 0 spiro atoms. The fourth-order valence-electron chi connectivity index (χ4n) is 1.66. The smallest absolute Gasteiger partial charge is 0.135 e. The Morgan fingerprint density at radius 3 is 2.94 bits per heavy atom. The third kappa shape index (κ3) is 2.56. The van der Waals surface area contributed by atoms with Gasteiger partial charge >= 0.3 is 0 Å². The van der Waals surface area contributed by atoms with Gasteiger partial charge in [-0.05, 0) is 31.2 Å². The molecule has 0 bridgehead atoms. The van der Waals surface area contributed by atoms with Crippen LogP contribution >= 0.6 is 15.9 Å². The zero-order chi connectivity index (χ0) is 12.3. The van der Waals surface area contributed by atoms with Gasteiger partial charge in [-0.15, -0.1) is 0 Å². The number of nitrogens with two attached hydrogens (primary N) is 1. The molecule has 2 aromatic rings. The minimum absolute atomic E-state index is 0.243. The summed E-state index contributed by atoms with van der Waals surface area (Å²) < 4.78 is 14.5. The van der Waals surface area contributed by atoms with Crippen molar-refractivity contribution >= 4 is 32.5 Å². The lowest BCUT2D eigenvalue weighted by Gasteiger charge is -2.10. The number of nitrogens with zero attached hydrogens (tertiary/aromatic N) is 1. The maximum atomic E-state index is 13.6. The molecule has 17 heavy (non-hydrogen) atoms. The molecular formula is C12H13BrFN3. The molecule has 90 valence electrons. The van der Waals surface area contributed by atoms with Crippen LogP contribution in [0, 0.1) is 5.82 Å². The van der Waals surface area contributed by atoms with Gasteiger partial charge in [-0.1, -0.05) is 15.9 Å². The first-order valence-electron chi connectivity index (χ1n) is 5.40. The topological polar surface area (TPSA) is 50.9 Å². The largest absolute Gasteiger partial charge is 0.369 e. The van der Waals surface area contributed by atoms with E-state index < -0.39 is 0 Å². The Hall–Kier alpha value is -1.20. The number of nitrogens with one attached hydrogen (secondary N) is 1. The van der Waals surface area contributed by atoms with Crippen LogP contribution in [0.2, 0.25) is 0 Å². The van der Waals surface area contributed by atoms with Crippen LogP contribution in [0.5, 0.6) is 0 Å². The van der Waals surface area contributed by atoms with Gasteiger partial charge < -0.3 is 11.1 Å². The molecule has 0 aliphatic heterocycles. The van der Waals surface area contributed by atoms with E-state index in [0.717, 1.165) is 22.8 Å². The van der Waals surface area contributed by atoms with E-state index in [-0.39, 0.29) is 5.82 Å². The first-order valence-corrected chi connectivity index (χ1v) is 6.20. The second-order valence-electron chi connectivity index (χ2n) is 3.68. The van der Waals surface area contributed by atoms with Crippen molar-refractivity contribution in [3.8, 4) is 0 Å². The number of halogens is 2. The van der Waals surface area contributed by atoms with E-state index in [1.54, 1.807) is 18.3 Å². The van der Waals surface area contributed by atoms with Crippen LogP contribution in [0.3, 0.4) is 0 Å². The molecule has 3 N–H and O–H groups in total. The maximum absolute atomic E-state index is 13.6. The van der Waals surface area contributed by atoms with Gasteiger partial charge in [-0.3, -0.25) is 0 Å². The molecule has 0 fully saturated rings. The van der Waals surface area contributed by atoms with Crippen LogP contribution in [-0.4, -0.2) is 18.1 Å². The quantitative estimate of drug-likeness (QED) is 0.853. The number of hydrogen-bond donors (Lipinski definition) is 2. The highest BCUT2D eigenvalue weighted by Crippen LogP contribution is 2.30. The zero-order valence-corrected chi connectivity index (χ0v) is 10.8. The number of benzene rings is 1. The average Bonchev–Trinajstić information content (AvgIpc) is 2.34. The van der Waals surface area contributed by atoms with Crippen LogP contribution in [0.4, 0.5) is 10.2 Å². The first-order chi connectivity index (χ1) is 8.24. The van der Waals surface area contributed by atoms with E-state index in [1.807, 2.05) is 0 Å². The zero-order valence-electron chi connectivity index (χ0n) is 9.21. The van der Waals surface area contributed by atoms with Gasteiger partial charge in [0.1, 0.15) is 11.6 Å². The lowest BCUT2D eigenvalue weighted by atomic mass is 10.1. The molecule has 1 aromatic heterocycles. The van der Waals surface area contributed by atoms with E-state index >= 15 is 0 Å². The Kier molecular flexibility index (Phi) is 3.91. The molecule has 0 saturated carbocycles. The van der Waals surface area contributed by atoms with Gasteiger partial charge in [-0.25, -0.2) is 9.37 Å². The third-order valence-corrected chi connectivity index (χ3v) is 3.16. The van der Waals surface area contributed by atoms with E-state index in [2.05, 4.69) is 26.2 Å². The standard InChI is InChI=1S/C12H13BrFN3/c13-9-2-3-10(14)8-4-7-17-12(11(8)9)16-6-1-5-15/h2-4,7H,1,5-6,15H2,(H,16,17). The van der Waals surface area contributed by atoms with Crippen LogP contribution in [-0.2, 0) is 0 Å². The lowest BCUT2D eigenvalue weighted by Crippen LogP contribution is -2.09. The van der Waals surface area contributed by atoms with E-state index in [4.69, 9.17) is 5.73 Å². The molecule has 0 atom stereocenters. The second kappa shape index (κ2) is 5.42. The summed E-state index contributed by atoms with van der Waals surface area (Å²) >= 11 is 3.42. The summed E-state index contributed by atoms with van der Waals surface area (Å²) in [4.78, 5) is 4.23. The van der Waals surface area contributed by atoms with Crippen molar-refractivity contribution in [2.24, 2.45) is 5.73 Å². The van der Waals surface area contributed by atoms with Crippen molar-refractivity contribution in [1.29, 1.82) is 0 Å². The molecule has 0 amide bonds. The number of rotatable bonds is 4. The highest BCUT2D eigenvalue weighted by atomic mass is 79.9. The summed E-state index contributed by atoms with van der Waals surface area (Å²) in [6, 6.07) is 4.80. The highest BCUT2D eigenvalue weighted by molar-refractivity contribution is 9.10. The predicted molar refractivity (Wildman–Crippen MR) is 71.6 cm³/mol. The monoisotopic (exact) mass is 297 g/mol. The average molecular weight is 298 g/mol. The van der Waals surface area contributed by atoms with E-state index in [1.165, 1.54) is 6.07 Å². The number of fused-ring (bicyclic) bond motifs is 1. The van der Waals surface area contributed by atoms with Crippen molar-refractivity contribution in [3.05, 3.63) is 34.7 Å². The SMILES string of the molecule is NCCCNc1nccc2c(F)ccc(Br)c12. The Morgan fingerprint density at radius 2 is 2.18 bits per heavy atom. The van der Waals surface area contributed by atoms with Gasteiger partial charge in [0.05, 0.1) is 0 Å². The lowest BCUT2D eigenvalue weighted by molar-refractivity contribution is 0.639. The molecule has 0 saturated heterocycles. The molecular weight excluding hydrogens is 285 g/mol. The van der Waals surface area contributed by atoms with Crippen molar-refractivity contribution in [1.82, 2.24) is 4.98 Å². The summed E-state index contributed by atoms with van der Waals surface area (Å²) in [5.41, 5.74) is 5.43. The normalized spacial score (nSPS) is 10.8. The van der Waals surface area contributed by atoms with Gasteiger partial charge in [0, 0.05) is 28.0 Å². The molecule has 3 nitrogen and oxygen atoms in total. The molecule has 0 radical (unpaired) electrons. The van der Waals surface area contributed by atoms with Gasteiger partial charge in [0.2, 0.25) is 0 Å². The second-order valence-corrected chi connectivity index (χ2v) is 4.53. The molecule has 0 aliphatic carbocycles. The number of hydrogen-bond acceptors (Lipinski definition) is 3. The summed E-state index contributed by atoms with van der Waals surface area (Å²) in [6.07, 6.45) is 2.45. The van der Waals surface area contributed by atoms with Gasteiger partial charge in [0.25, 0.3) is 0 Å². The minimum atomic E-state index is -0.243. The molecule has 2 rings (SSSR count). The molecule has 1 aromatic carbocycles. The van der Waals surface area contributed by atoms with Crippen LogP contribution in [0.15, 0.2) is 28.9 Å². The summed E-state index contributed by atoms with van der Waals surface area (Å²) in [6.45, 7) is 1.35. The molecule has 0 unspecified atom stereocenters. The molecule has 5 heteroatoms. The first kappa shape index (κ1) is 12.3. The van der Waals surface area contributed by atoms with Crippen LogP contribution < -0.4 is 11.1 Å². The van der Waals surface area contributed by atoms with Crippen molar-refractivity contribution in [3.63, 3.8) is 0 Å². The number of anilines is 1. The van der Waals surface area contributed by atoms with Gasteiger partial charge in [0.15, 0.2) is 0 Å². The van der Waals surface area contributed by atoms with Crippen LogP contribution in [0.25, 0.3) is 10.8 Å². The Morgan fingerprint density at radius 1 is 1.35 bits per heavy atom. The summed E-state index contributed by atoms with van der Waals surface area (Å²) in [7, 11) is 0. The fraction of sp³-hybridized carbons (Fsp3) is 0.250. The summed E-state index contributed by atoms with van der Waals surface area (Å²) in [5.74, 6) is 0.440. The molecule has 0 aliphatic rings.